The summed E-state index contributed by atoms with van der Waals surface area (Å²) in [7, 11) is 0. The lowest BCUT2D eigenvalue weighted by Gasteiger charge is -2.27. The minimum absolute atomic E-state index is 0. The summed E-state index contributed by atoms with van der Waals surface area (Å²) >= 11 is 0. The van der Waals surface area contributed by atoms with Gasteiger partial charge in [0.05, 0.1) is 5.92 Å². The van der Waals surface area contributed by atoms with Crippen LogP contribution in [0.5, 0.6) is 0 Å². The SMILES string of the molecule is CC(=O)NCCCNC(=O)C1C2CCC(C2)C1N.Cl. The normalized spacial score (nSPS) is 31.7. The molecule has 4 atom stereocenters. The van der Waals surface area contributed by atoms with Gasteiger partial charge in [0.1, 0.15) is 0 Å². The van der Waals surface area contributed by atoms with Gasteiger partial charge in [0.25, 0.3) is 0 Å². The van der Waals surface area contributed by atoms with Crippen LogP contribution in [0.4, 0.5) is 0 Å². The Morgan fingerprint density at radius 2 is 1.79 bits per heavy atom. The second kappa shape index (κ2) is 7.10. The van der Waals surface area contributed by atoms with Gasteiger partial charge in [-0.25, -0.2) is 0 Å². The molecule has 0 heterocycles. The van der Waals surface area contributed by atoms with Gasteiger partial charge >= 0.3 is 0 Å². The van der Waals surface area contributed by atoms with Crippen LogP contribution in [-0.4, -0.2) is 30.9 Å². The second-order valence-corrected chi connectivity index (χ2v) is 5.56. The smallest absolute Gasteiger partial charge is 0.224 e. The van der Waals surface area contributed by atoms with E-state index in [4.69, 9.17) is 5.73 Å². The van der Waals surface area contributed by atoms with Gasteiger partial charge in [0, 0.05) is 26.1 Å². The monoisotopic (exact) mass is 289 g/mol. The van der Waals surface area contributed by atoms with E-state index < -0.39 is 0 Å². The highest BCUT2D eigenvalue weighted by Gasteiger charge is 2.48. The molecule has 2 fully saturated rings. The van der Waals surface area contributed by atoms with Crippen molar-refractivity contribution in [3.63, 3.8) is 0 Å². The van der Waals surface area contributed by atoms with Crippen molar-refractivity contribution in [2.75, 3.05) is 13.1 Å². The van der Waals surface area contributed by atoms with Crippen molar-refractivity contribution in [2.45, 2.75) is 38.6 Å². The lowest BCUT2D eigenvalue weighted by molar-refractivity contribution is -0.127. The van der Waals surface area contributed by atoms with Gasteiger partial charge in [-0.2, -0.15) is 0 Å². The van der Waals surface area contributed by atoms with Gasteiger partial charge in [-0.05, 0) is 37.5 Å². The molecule has 2 rings (SSSR count). The van der Waals surface area contributed by atoms with Crippen LogP contribution in [0, 0.1) is 17.8 Å². The van der Waals surface area contributed by atoms with Gasteiger partial charge in [-0.1, -0.05) is 0 Å². The molecule has 19 heavy (non-hydrogen) atoms. The van der Waals surface area contributed by atoms with Crippen molar-refractivity contribution in [1.29, 1.82) is 0 Å². The van der Waals surface area contributed by atoms with E-state index in [9.17, 15) is 9.59 Å². The fraction of sp³-hybridized carbons (Fsp3) is 0.846. The highest BCUT2D eigenvalue weighted by molar-refractivity contribution is 5.85. The number of rotatable bonds is 5. The maximum Gasteiger partial charge on any atom is 0.224 e. The van der Waals surface area contributed by atoms with Gasteiger partial charge in [0.15, 0.2) is 0 Å². The standard InChI is InChI=1S/C13H23N3O2.ClH/c1-8(17)15-5-2-6-16-13(18)11-9-3-4-10(7-9)12(11)14;/h9-12H,2-7,14H2,1H3,(H,15,17)(H,16,18);1H. The minimum Gasteiger partial charge on any atom is -0.356 e. The van der Waals surface area contributed by atoms with Crippen LogP contribution < -0.4 is 16.4 Å². The first-order chi connectivity index (χ1) is 8.59. The van der Waals surface area contributed by atoms with E-state index in [0.717, 1.165) is 19.3 Å². The maximum atomic E-state index is 12.1. The van der Waals surface area contributed by atoms with E-state index in [2.05, 4.69) is 10.6 Å². The number of nitrogens with one attached hydrogen (secondary N) is 2. The molecule has 5 nitrogen and oxygen atoms in total. The molecule has 2 aliphatic rings. The highest BCUT2D eigenvalue weighted by Crippen LogP contribution is 2.47. The van der Waals surface area contributed by atoms with Crippen molar-refractivity contribution < 1.29 is 9.59 Å². The van der Waals surface area contributed by atoms with Crippen LogP contribution in [-0.2, 0) is 9.59 Å². The lowest BCUT2D eigenvalue weighted by Crippen LogP contribution is -2.45. The molecule has 4 unspecified atom stereocenters. The number of nitrogens with two attached hydrogens (primary N) is 1. The fourth-order valence-corrected chi connectivity index (χ4v) is 3.41. The average molecular weight is 290 g/mol. The van der Waals surface area contributed by atoms with Crippen molar-refractivity contribution in [3.05, 3.63) is 0 Å². The molecule has 110 valence electrons. The Balaban J connectivity index is 0.00000180. The summed E-state index contributed by atoms with van der Waals surface area (Å²) in [5, 5.41) is 5.65. The number of carbonyl (C=O) groups excluding carboxylic acids is 2. The summed E-state index contributed by atoms with van der Waals surface area (Å²) in [6.45, 7) is 2.71. The third-order valence-corrected chi connectivity index (χ3v) is 4.31. The van der Waals surface area contributed by atoms with E-state index in [1.807, 2.05) is 0 Å². The number of hydrogen-bond acceptors (Lipinski definition) is 3. The van der Waals surface area contributed by atoms with Crippen LogP contribution in [0.25, 0.3) is 0 Å². The first-order valence-corrected chi connectivity index (χ1v) is 6.87. The predicted molar refractivity (Wildman–Crippen MR) is 75.9 cm³/mol. The number of carbonyl (C=O) groups is 2. The van der Waals surface area contributed by atoms with Gasteiger partial charge < -0.3 is 16.4 Å². The molecule has 6 heteroatoms. The number of hydrogen-bond donors (Lipinski definition) is 3. The Bertz CT molecular complexity index is 336. The molecule has 2 aliphatic carbocycles. The van der Waals surface area contributed by atoms with Crippen LogP contribution in [0.3, 0.4) is 0 Å². The lowest BCUT2D eigenvalue weighted by atomic mass is 9.84. The van der Waals surface area contributed by atoms with E-state index >= 15 is 0 Å². The molecule has 2 amide bonds. The molecule has 0 radical (unpaired) electrons. The molecule has 2 bridgehead atoms. The summed E-state index contributed by atoms with van der Waals surface area (Å²) in [5.74, 6) is 1.16. The molecule has 0 spiro atoms. The third-order valence-electron chi connectivity index (χ3n) is 4.31. The van der Waals surface area contributed by atoms with Gasteiger partial charge in [-0.3, -0.25) is 9.59 Å². The maximum absolute atomic E-state index is 12.1. The zero-order valence-corrected chi connectivity index (χ0v) is 12.2. The Morgan fingerprint density at radius 3 is 2.37 bits per heavy atom. The first kappa shape index (κ1) is 16.2. The molecule has 0 aromatic heterocycles. The van der Waals surface area contributed by atoms with Crippen LogP contribution in [0.15, 0.2) is 0 Å². The largest absolute Gasteiger partial charge is 0.356 e. The van der Waals surface area contributed by atoms with Gasteiger partial charge in [-0.15, -0.1) is 12.4 Å². The minimum atomic E-state index is -0.0311. The average Bonchev–Trinajstić information content (AvgIpc) is 2.88. The zero-order chi connectivity index (χ0) is 13.1. The third kappa shape index (κ3) is 3.83. The van der Waals surface area contributed by atoms with Gasteiger partial charge in [0.2, 0.25) is 11.8 Å². The molecule has 0 aromatic carbocycles. The Labute approximate surface area is 120 Å². The molecular formula is C13H24ClN3O2. The molecule has 0 aromatic rings. The van der Waals surface area contributed by atoms with Crippen molar-refractivity contribution in [3.8, 4) is 0 Å². The molecule has 0 saturated heterocycles. The van der Waals surface area contributed by atoms with Crippen LogP contribution in [0.2, 0.25) is 0 Å². The summed E-state index contributed by atoms with van der Waals surface area (Å²) in [6.07, 6.45) is 4.24. The number of amides is 2. The summed E-state index contributed by atoms with van der Waals surface area (Å²) in [6, 6.07) is 0.0547. The van der Waals surface area contributed by atoms with Crippen LogP contribution in [0.1, 0.15) is 32.6 Å². The van der Waals surface area contributed by atoms with E-state index in [0.29, 0.717) is 24.9 Å². The summed E-state index contributed by atoms with van der Waals surface area (Å²) in [4.78, 5) is 22.7. The molecular weight excluding hydrogens is 266 g/mol. The number of fused-ring (bicyclic) bond motifs is 2. The van der Waals surface area contributed by atoms with E-state index in [1.165, 1.54) is 13.3 Å². The van der Waals surface area contributed by atoms with Crippen molar-refractivity contribution >= 4 is 24.2 Å². The van der Waals surface area contributed by atoms with Crippen molar-refractivity contribution in [2.24, 2.45) is 23.5 Å². The Kier molecular flexibility index (Phi) is 6.07. The second-order valence-electron chi connectivity index (χ2n) is 5.56. The predicted octanol–water partition coefficient (Wildman–Crippen LogP) is 0.424. The van der Waals surface area contributed by atoms with Crippen LogP contribution >= 0.6 is 12.4 Å². The summed E-state index contributed by atoms with van der Waals surface area (Å²) in [5.41, 5.74) is 6.12. The molecule has 2 saturated carbocycles. The Morgan fingerprint density at radius 1 is 1.16 bits per heavy atom. The van der Waals surface area contributed by atoms with E-state index in [-0.39, 0.29) is 36.2 Å². The quantitative estimate of drug-likeness (QED) is 0.642. The Hall–Kier alpha value is -0.810. The van der Waals surface area contributed by atoms with E-state index in [1.54, 1.807) is 0 Å². The zero-order valence-electron chi connectivity index (χ0n) is 11.4. The molecule has 4 N–H and O–H groups in total. The first-order valence-electron chi connectivity index (χ1n) is 6.87. The number of halogens is 1. The van der Waals surface area contributed by atoms with Crippen molar-refractivity contribution in [1.82, 2.24) is 10.6 Å². The highest BCUT2D eigenvalue weighted by atomic mass is 35.5. The summed E-state index contributed by atoms with van der Waals surface area (Å²) < 4.78 is 0. The fourth-order valence-electron chi connectivity index (χ4n) is 3.41. The topological polar surface area (TPSA) is 84.2 Å². The molecule has 0 aliphatic heterocycles.